The third kappa shape index (κ3) is 1.74. The fourth-order valence-corrected chi connectivity index (χ4v) is 2.23. The Labute approximate surface area is 101 Å². The van der Waals surface area contributed by atoms with E-state index < -0.39 is 0 Å². The van der Waals surface area contributed by atoms with Crippen LogP contribution >= 0.6 is 11.8 Å². The van der Waals surface area contributed by atoms with E-state index in [1.807, 2.05) is 6.92 Å². The molecule has 0 bridgehead atoms. The molecule has 3 rings (SSSR count). The fourth-order valence-electron chi connectivity index (χ4n) is 1.72. The molecule has 1 aromatic carbocycles. The van der Waals surface area contributed by atoms with Crippen molar-refractivity contribution in [3.05, 3.63) is 24.0 Å². The van der Waals surface area contributed by atoms with Gasteiger partial charge in [0.05, 0.1) is 0 Å². The number of halogens is 1. The SMILES string of the molecule is CCSc1nnc2c(n1)[nH]c1ccc(F)cc12. The molecule has 1 N–H and O–H groups in total. The number of thioether (sulfide) groups is 1. The van der Waals surface area contributed by atoms with Crippen molar-refractivity contribution in [1.82, 2.24) is 20.2 Å². The first-order valence-corrected chi connectivity index (χ1v) is 6.21. The Hall–Kier alpha value is -1.69. The molecule has 17 heavy (non-hydrogen) atoms. The van der Waals surface area contributed by atoms with Crippen molar-refractivity contribution in [3.8, 4) is 0 Å². The molecule has 0 fully saturated rings. The van der Waals surface area contributed by atoms with Gasteiger partial charge in [-0.3, -0.25) is 0 Å². The summed E-state index contributed by atoms with van der Waals surface area (Å²) in [5.41, 5.74) is 2.08. The molecule has 4 nitrogen and oxygen atoms in total. The van der Waals surface area contributed by atoms with E-state index in [1.165, 1.54) is 23.9 Å². The summed E-state index contributed by atoms with van der Waals surface area (Å²) in [4.78, 5) is 7.45. The molecule has 0 saturated heterocycles. The van der Waals surface area contributed by atoms with E-state index in [0.29, 0.717) is 21.7 Å². The molecule has 0 aliphatic carbocycles. The van der Waals surface area contributed by atoms with Crippen molar-refractivity contribution in [1.29, 1.82) is 0 Å². The average Bonchev–Trinajstić information content (AvgIpc) is 2.66. The topological polar surface area (TPSA) is 54.5 Å². The molecule has 2 heterocycles. The van der Waals surface area contributed by atoms with Crippen LogP contribution in [-0.2, 0) is 0 Å². The van der Waals surface area contributed by atoms with E-state index >= 15 is 0 Å². The van der Waals surface area contributed by atoms with Gasteiger partial charge in [0.25, 0.3) is 0 Å². The molecule has 6 heteroatoms. The highest BCUT2D eigenvalue weighted by Gasteiger charge is 2.09. The van der Waals surface area contributed by atoms with Crippen molar-refractivity contribution < 1.29 is 4.39 Å². The van der Waals surface area contributed by atoms with Crippen LogP contribution in [-0.4, -0.2) is 25.9 Å². The minimum Gasteiger partial charge on any atom is -0.338 e. The van der Waals surface area contributed by atoms with Gasteiger partial charge in [-0.05, 0) is 24.0 Å². The standard InChI is InChI=1S/C11H9FN4S/c1-2-17-11-14-10-9(15-16-11)7-5-6(12)3-4-8(7)13-10/h3-5H,2H2,1H3,(H,13,14,16). The number of hydrogen-bond acceptors (Lipinski definition) is 4. The molecular formula is C11H9FN4S. The van der Waals surface area contributed by atoms with Crippen molar-refractivity contribution in [3.63, 3.8) is 0 Å². The Kier molecular flexibility index (Phi) is 2.44. The average molecular weight is 248 g/mol. The zero-order valence-corrected chi connectivity index (χ0v) is 9.88. The molecular weight excluding hydrogens is 239 g/mol. The maximum absolute atomic E-state index is 13.2. The van der Waals surface area contributed by atoms with Crippen LogP contribution in [0.5, 0.6) is 0 Å². The van der Waals surface area contributed by atoms with Crippen LogP contribution in [0.4, 0.5) is 4.39 Å². The summed E-state index contributed by atoms with van der Waals surface area (Å²) in [6, 6.07) is 4.53. The number of aromatic amines is 1. The predicted molar refractivity (Wildman–Crippen MR) is 65.5 cm³/mol. The van der Waals surface area contributed by atoms with Crippen LogP contribution in [0.1, 0.15) is 6.92 Å². The fraction of sp³-hybridized carbons (Fsp3) is 0.182. The summed E-state index contributed by atoms with van der Waals surface area (Å²) in [7, 11) is 0. The Morgan fingerprint density at radius 2 is 2.24 bits per heavy atom. The highest BCUT2D eigenvalue weighted by atomic mass is 32.2. The maximum atomic E-state index is 13.2. The zero-order valence-electron chi connectivity index (χ0n) is 9.07. The first kappa shape index (κ1) is 10.5. The lowest BCUT2D eigenvalue weighted by molar-refractivity contribution is 0.630. The Balaban J connectivity index is 2.28. The Morgan fingerprint density at radius 3 is 3.06 bits per heavy atom. The lowest BCUT2D eigenvalue weighted by atomic mass is 10.2. The second-order valence-corrected chi connectivity index (χ2v) is 4.77. The second kappa shape index (κ2) is 3.96. The molecule has 0 unspecified atom stereocenters. The normalized spacial score (nSPS) is 11.4. The predicted octanol–water partition coefficient (Wildman–Crippen LogP) is 2.76. The van der Waals surface area contributed by atoms with Gasteiger partial charge in [0.1, 0.15) is 11.3 Å². The summed E-state index contributed by atoms with van der Waals surface area (Å²) in [6.45, 7) is 2.03. The number of nitrogens with one attached hydrogen (secondary N) is 1. The van der Waals surface area contributed by atoms with E-state index in [9.17, 15) is 4.39 Å². The summed E-state index contributed by atoms with van der Waals surface area (Å²) in [5.74, 6) is 0.606. The Bertz CT molecular complexity index is 694. The minimum absolute atomic E-state index is 0.285. The van der Waals surface area contributed by atoms with Gasteiger partial charge in [0, 0.05) is 10.9 Å². The van der Waals surface area contributed by atoms with Gasteiger partial charge in [-0.1, -0.05) is 18.7 Å². The van der Waals surface area contributed by atoms with Crippen molar-refractivity contribution in [2.24, 2.45) is 0 Å². The summed E-state index contributed by atoms with van der Waals surface area (Å²) in [5, 5.41) is 9.45. The number of fused-ring (bicyclic) bond motifs is 3. The molecule has 86 valence electrons. The van der Waals surface area contributed by atoms with Gasteiger partial charge < -0.3 is 4.98 Å². The van der Waals surface area contributed by atoms with Crippen molar-refractivity contribution >= 4 is 33.8 Å². The van der Waals surface area contributed by atoms with Crippen molar-refractivity contribution in [2.45, 2.75) is 12.1 Å². The number of rotatable bonds is 2. The van der Waals surface area contributed by atoms with E-state index in [2.05, 4.69) is 20.2 Å². The lowest BCUT2D eigenvalue weighted by Gasteiger charge is -1.94. The number of H-pyrrole nitrogens is 1. The number of nitrogens with zero attached hydrogens (tertiary/aromatic N) is 3. The first-order valence-electron chi connectivity index (χ1n) is 5.22. The summed E-state index contributed by atoms with van der Waals surface area (Å²) < 4.78 is 13.2. The number of benzene rings is 1. The maximum Gasteiger partial charge on any atom is 0.211 e. The molecule has 0 amide bonds. The third-order valence-electron chi connectivity index (χ3n) is 2.43. The second-order valence-electron chi connectivity index (χ2n) is 3.54. The van der Waals surface area contributed by atoms with Gasteiger partial charge in [0.15, 0.2) is 5.65 Å². The van der Waals surface area contributed by atoms with Crippen LogP contribution < -0.4 is 0 Å². The van der Waals surface area contributed by atoms with Gasteiger partial charge in [0.2, 0.25) is 5.16 Å². The van der Waals surface area contributed by atoms with Crippen LogP contribution in [0.2, 0.25) is 0 Å². The summed E-state index contributed by atoms with van der Waals surface area (Å²) >= 11 is 1.52. The van der Waals surface area contributed by atoms with Crippen LogP contribution in [0.15, 0.2) is 23.4 Å². The zero-order chi connectivity index (χ0) is 11.8. The largest absolute Gasteiger partial charge is 0.338 e. The molecule has 0 saturated carbocycles. The first-order chi connectivity index (χ1) is 8.28. The molecule has 0 spiro atoms. The molecule has 3 aromatic rings. The van der Waals surface area contributed by atoms with E-state index in [4.69, 9.17) is 0 Å². The molecule has 0 aliphatic rings. The van der Waals surface area contributed by atoms with Gasteiger partial charge >= 0.3 is 0 Å². The monoisotopic (exact) mass is 248 g/mol. The van der Waals surface area contributed by atoms with Gasteiger partial charge in [-0.2, -0.15) is 0 Å². The molecule has 0 atom stereocenters. The van der Waals surface area contributed by atoms with E-state index in [-0.39, 0.29) is 5.82 Å². The highest BCUT2D eigenvalue weighted by Crippen LogP contribution is 2.24. The van der Waals surface area contributed by atoms with Crippen LogP contribution in [0.25, 0.3) is 22.1 Å². The number of aromatic nitrogens is 4. The smallest absolute Gasteiger partial charge is 0.211 e. The highest BCUT2D eigenvalue weighted by molar-refractivity contribution is 7.99. The van der Waals surface area contributed by atoms with Crippen LogP contribution in [0.3, 0.4) is 0 Å². The van der Waals surface area contributed by atoms with Gasteiger partial charge in [-0.25, -0.2) is 9.37 Å². The minimum atomic E-state index is -0.285. The van der Waals surface area contributed by atoms with Crippen LogP contribution in [0, 0.1) is 5.82 Å². The molecule has 0 aliphatic heterocycles. The molecule has 2 aromatic heterocycles. The lowest BCUT2D eigenvalue weighted by Crippen LogP contribution is -1.91. The van der Waals surface area contributed by atoms with E-state index in [1.54, 1.807) is 6.07 Å². The van der Waals surface area contributed by atoms with Crippen molar-refractivity contribution in [2.75, 3.05) is 5.75 Å². The third-order valence-corrected chi connectivity index (χ3v) is 3.15. The quantitative estimate of drug-likeness (QED) is 0.708. The molecule has 0 radical (unpaired) electrons. The van der Waals surface area contributed by atoms with E-state index in [0.717, 1.165) is 11.3 Å². The number of hydrogen-bond donors (Lipinski definition) is 1. The van der Waals surface area contributed by atoms with Gasteiger partial charge in [-0.15, -0.1) is 10.2 Å². The summed E-state index contributed by atoms with van der Waals surface area (Å²) in [6.07, 6.45) is 0. The Morgan fingerprint density at radius 1 is 1.35 bits per heavy atom.